The Bertz CT molecular complexity index is 938. The van der Waals surface area contributed by atoms with Gasteiger partial charge in [-0.25, -0.2) is 8.78 Å². The molecule has 4 rings (SSSR count). The van der Waals surface area contributed by atoms with E-state index in [4.69, 9.17) is 4.74 Å². The number of unbranched alkanes of at least 4 members (excludes halogenated alkanes) is 2. The fraction of sp³-hybridized carbons (Fsp3) is 0.500. The Morgan fingerprint density at radius 1 is 0.935 bits per heavy atom. The monoisotopic (exact) mass is 424 g/mol. The van der Waals surface area contributed by atoms with Gasteiger partial charge in [-0.2, -0.15) is 0 Å². The van der Waals surface area contributed by atoms with E-state index in [2.05, 4.69) is 13.0 Å². The third-order valence-electron chi connectivity index (χ3n) is 7.28. The Balaban J connectivity index is 1.46. The highest BCUT2D eigenvalue weighted by Crippen LogP contribution is 2.40. The summed E-state index contributed by atoms with van der Waals surface area (Å²) in [7, 11) is 1.48. The van der Waals surface area contributed by atoms with Gasteiger partial charge in [-0.1, -0.05) is 50.8 Å². The third-order valence-corrected chi connectivity index (χ3v) is 7.28. The minimum Gasteiger partial charge on any atom is -0.494 e. The molecule has 0 amide bonds. The molecular weight excluding hydrogens is 390 g/mol. The summed E-state index contributed by atoms with van der Waals surface area (Å²) in [6.07, 6.45) is 13.7. The zero-order valence-electron chi connectivity index (χ0n) is 18.9. The van der Waals surface area contributed by atoms with Crippen LogP contribution in [0.15, 0.2) is 30.3 Å². The van der Waals surface area contributed by atoms with Gasteiger partial charge in [-0.05, 0) is 90.8 Å². The van der Waals surface area contributed by atoms with Gasteiger partial charge in [0, 0.05) is 5.56 Å². The molecular formula is C28H34F2O. The van der Waals surface area contributed by atoms with Gasteiger partial charge in [0.25, 0.3) is 0 Å². The lowest BCUT2D eigenvalue weighted by Crippen LogP contribution is -2.13. The summed E-state index contributed by atoms with van der Waals surface area (Å²) in [5.74, 6) is 1.09. The van der Waals surface area contributed by atoms with Gasteiger partial charge in [0.05, 0.1) is 7.11 Å². The van der Waals surface area contributed by atoms with E-state index in [0.717, 1.165) is 41.0 Å². The predicted octanol–water partition coefficient (Wildman–Crippen LogP) is 8.31. The van der Waals surface area contributed by atoms with E-state index in [1.165, 1.54) is 64.5 Å². The lowest BCUT2D eigenvalue weighted by molar-refractivity contribution is 0.302. The van der Waals surface area contributed by atoms with Crippen LogP contribution in [0.5, 0.6) is 5.75 Å². The second kappa shape index (κ2) is 9.97. The molecule has 2 aromatic carbocycles. The third kappa shape index (κ3) is 5.02. The van der Waals surface area contributed by atoms with Crippen LogP contribution in [0.4, 0.5) is 8.78 Å². The van der Waals surface area contributed by atoms with Crippen molar-refractivity contribution in [2.45, 2.75) is 77.0 Å². The highest BCUT2D eigenvalue weighted by atomic mass is 19.1. The van der Waals surface area contributed by atoms with E-state index in [1.807, 2.05) is 12.1 Å². The van der Waals surface area contributed by atoms with Crippen molar-refractivity contribution in [3.8, 4) is 5.75 Å². The maximum Gasteiger partial charge on any atom is 0.165 e. The first kappa shape index (κ1) is 22.0. The van der Waals surface area contributed by atoms with Gasteiger partial charge in [0.2, 0.25) is 0 Å². The summed E-state index contributed by atoms with van der Waals surface area (Å²) in [5, 5.41) is 0. The van der Waals surface area contributed by atoms with Crippen molar-refractivity contribution in [2.24, 2.45) is 5.92 Å². The van der Waals surface area contributed by atoms with Crippen LogP contribution in [0.1, 0.15) is 92.9 Å². The second-order valence-electron chi connectivity index (χ2n) is 9.31. The number of halogens is 2. The van der Waals surface area contributed by atoms with Crippen LogP contribution in [0.2, 0.25) is 0 Å². The van der Waals surface area contributed by atoms with Gasteiger partial charge >= 0.3 is 0 Å². The number of hydrogen-bond donors (Lipinski definition) is 0. The van der Waals surface area contributed by atoms with Crippen LogP contribution in [0.25, 0.3) is 11.6 Å². The predicted molar refractivity (Wildman–Crippen MR) is 124 cm³/mol. The summed E-state index contributed by atoms with van der Waals surface area (Å²) in [6.45, 7) is 2.26. The van der Waals surface area contributed by atoms with E-state index < -0.39 is 0 Å². The summed E-state index contributed by atoms with van der Waals surface area (Å²) in [6, 6.07) is 9.07. The van der Waals surface area contributed by atoms with Crippen molar-refractivity contribution in [3.63, 3.8) is 0 Å². The van der Waals surface area contributed by atoms with Crippen LogP contribution in [-0.2, 0) is 6.42 Å². The zero-order chi connectivity index (χ0) is 21.8. The molecule has 0 aliphatic heterocycles. The summed E-state index contributed by atoms with van der Waals surface area (Å²) >= 11 is 0. The molecule has 166 valence electrons. The normalized spacial score (nSPS) is 20.8. The van der Waals surface area contributed by atoms with Crippen molar-refractivity contribution < 1.29 is 13.5 Å². The Kier molecular flexibility index (Phi) is 7.09. The SMILES string of the molecule is CCCCCC1CCC(c2ccc(C3=Cc4cc(F)c(OC)cc4CC3)c(F)c2)CC1. The summed E-state index contributed by atoms with van der Waals surface area (Å²) in [5.41, 5.74) is 4.61. The lowest BCUT2D eigenvalue weighted by atomic mass is 9.76. The van der Waals surface area contributed by atoms with Crippen molar-refractivity contribution in [1.82, 2.24) is 0 Å². The maximum absolute atomic E-state index is 15.1. The van der Waals surface area contributed by atoms with Gasteiger partial charge in [-0.3, -0.25) is 0 Å². The standard InChI is InChI=1S/C28H34F2O/c1-3-4-5-6-19-7-9-20(10-8-19)21-13-14-25(26(29)16-21)23-12-11-22-18-28(31-2)27(30)17-24(22)15-23/h13-20H,3-12H2,1-2H3. The molecule has 1 saturated carbocycles. The Morgan fingerprint density at radius 2 is 1.74 bits per heavy atom. The average molecular weight is 425 g/mol. The zero-order valence-corrected chi connectivity index (χ0v) is 18.9. The van der Waals surface area contributed by atoms with Gasteiger partial charge in [0.1, 0.15) is 5.82 Å². The fourth-order valence-corrected chi connectivity index (χ4v) is 5.37. The summed E-state index contributed by atoms with van der Waals surface area (Å²) < 4.78 is 34.3. The molecule has 2 aromatic rings. The maximum atomic E-state index is 15.1. The molecule has 3 heteroatoms. The number of methoxy groups -OCH3 is 1. The molecule has 2 aliphatic carbocycles. The first-order valence-corrected chi connectivity index (χ1v) is 12.0. The molecule has 0 unspecified atom stereocenters. The van der Waals surface area contributed by atoms with E-state index >= 15 is 4.39 Å². The van der Waals surface area contributed by atoms with E-state index in [-0.39, 0.29) is 17.4 Å². The quantitative estimate of drug-likeness (QED) is 0.406. The van der Waals surface area contributed by atoms with E-state index in [9.17, 15) is 4.39 Å². The number of ether oxygens (including phenoxy) is 1. The molecule has 0 radical (unpaired) electrons. The largest absolute Gasteiger partial charge is 0.494 e. The average Bonchev–Trinajstić information content (AvgIpc) is 2.79. The second-order valence-corrected chi connectivity index (χ2v) is 9.31. The Morgan fingerprint density at radius 3 is 2.45 bits per heavy atom. The molecule has 2 aliphatic rings. The highest BCUT2D eigenvalue weighted by molar-refractivity contribution is 5.85. The molecule has 1 nitrogen and oxygen atoms in total. The van der Waals surface area contributed by atoms with Crippen molar-refractivity contribution in [1.29, 1.82) is 0 Å². The minimum atomic E-state index is -0.375. The molecule has 0 bridgehead atoms. The number of fused-ring (bicyclic) bond motifs is 1. The van der Waals surface area contributed by atoms with E-state index in [1.54, 1.807) is 12.1 Å². The number of hydrogen-bond acceptors (Lipinski definition) is 1. The number of benzene rings is 2. The molecule has 1 fully saturated rings. The topological polar surface area (TPSA) is 9.23 Å². The van der Waals surface area contributed by atoms with Crippen molar-refractivity contribution in [3.05, 3.63) is 64.2 Å². The Labute approximate surface area is 185 Å². The van der Waals surface area contributed by atoms with Gasteiger partial charge in [0.15, 0.2) is 11.6 Å². The van der Waals surface area contributed by atoms with Crippen molar-refractivity contribution >= 4 is 11.6 Å². The fourth-order valence-electron chi connectivity index (χ4n) is 5.37. The first-order valence-electron chi connectivity index (χ1n) is 12.0. The first-order chi connectivity index (χ1) is 15.1. The lowest BCUT2D eigenvalue weighted by Gasteiger charge is -2.29. The van der Waals surface area contributed by atoms with Crippen LogP contribution >= 0.6 is 0 Å². The molecule has 0 spiro atoms. The van der Waals surface area contributed by atoms with Crippen LogP contribution in [0, 0.1) is 17.6 Å². The molecule has 0 atom stereocenters. The van der Waals surface area contributed by atoms with Crippen LogP contribution in [0.3, 0.4) is 0 Å². The molecule has 0 aromatic heterocycles. The van der Waals surface area contributed by atoms with E-state index in [0.29, 0.717) is 11.5 Å². The molecule has 0 saturated heterocycles. The number of allylic oxidation sites excluding steroid dienone is 1. The molecule has 0 heterocycles. The summed E-state index contributed by atoms with van der Waals surface area (Å²) in [4.78, 5) is 0. The smallest absolute Gasteiger partial charge is 0.165 e. The van der Waals surface area contributed by atoms with Crippen LogP contribution < -0.4 is 4.74 Å². The Hall–Kier alpha value is -2.16. The number of aryl methyl sites for hydroxylation is 1. The van der Waals surface area contributed by atoms with Crippen LogP contribution in [-0.4, -0.2) is 7.11 Å². The van der Waals surface area contributed by atoms with Gasteiger partial charge < -0.3 is 4.74 Å². The minimum absolute atomic E-state index is 0.147. The van der Waals surface area contributed by atoms with Crippen molar-refractivity contribution in [2.75, 3.05) is 7.11 Å². The number of rotatable bonds is 7. The molecule has 0 N–H and O–H groups in total. The molecule has 31 heavy (non-hydrogen) atoms. The van der Waals surface area contributed by atoms with Gasteiger partial charge in [-0.15, -0.1) is 0 Å². The highest BCUT2D eigenvalue weighted by Gasteiger charge is 2.24.